The smallest absolute Gasteiger partial charge is 0.293 e. The normalized spacial score (nSPS) is 14.6. The average molecular weight is 367 g/mol. The van der Waals surface area contributed by atoms with Gasteiger partial charge in [0.1, 0.15) is 5.69 Å². The van der Waals surface area contributed by atoms with Gasteiger partial charge >= 0.3 is 0 Å². The minimum Gasteiger partial charge on any atom is -0.363 e. The highest BCUT2D eigenvalue weighted by Crippen LogP contribution is 2.30. The summed E-state index contributed by atoms with van der Waals surface area (Å²) in [6.07, 6.45) is 0. The third kappa shape index (κ3) is 4.19. The maximum atomic E-state index is 11.3. The van der Waals surface area contributed by atoms with Crippen molar-refractivity contribution in [1.82, 2.24) is 4.90 Å². The molecule has 0 atom stereocenters. The van der Waals surface area contributed by atoms with Gasteiger partial charge in [-0.3, -0.25) is 25.1 Å². The molecular weight excluding hydrogens is 350 g/mol. The van der Waals surface area contributed by atoms with Crippen LogP contribution in [-0.2, 0) is 6.54 Å². The fourth-order valence-corrected chi connectivity index (χ4v) is 3.18. The van der Waals surface area contributed by atoms with E-state index in [0.29, 0.717) is 38.4 Å². The van der Waals surface area contributed by atoms with Crippen LogP contribution in [0.3, 0.4) is 0 Å². The van der Waals surface area contributed by atoms with E-state index in [1.54, 1.807) is 24.3 Å². The lowest BCUT2D eigenvalue weighted by Gasteiger charge is -2.35. The van der Waals surface area contributed by atoms with E-state index >= 15 is 0 Å². The summed E-state index contributed by atoms with van der Waals surface area (Å²) in [4.78, 5) is 25.4. The summed E-state index contributed by atoms with van der Waals surface area (Å²) in [6, 6.07) is 13.0. The number of piperazine rings is 1. The van der Waals surface area contributed by atoms with Crippen LogP contribution in [0.15, 0.2) is 42.5 Å². The van der Waals surface area contributed by atoms with Gasteiger partial charge in [0.15, 0.2) is 0 Å². The number of hydrogen-bond acceptors (Lipinski definition) is 7. The molecule has 1 fully saturated rings. The van der Waals surface area contributed by atoms with Crippen LogP contribution in [0.5, 0.6) is 0 Å². The molecule has 1 aliphatic heterocycles. The van der Waals surface area contributed by atoms with Gasteiger partial charge in [0, 0.05) is 50.9 Å². The van der Waals surface area contributed by atoms with Crippen LogP contribution in [0.25, 0.3) is 0 Å². The van der Waals surface area contributed by atoms with Crippen molar-refractivity contribution in [2.24, 2.45) is 0 Å². The van der Waals surface area contributed by atoms with Crippen LogP contribution < -0.4 is 4.90 Å². The minimum absolute atomic E-state index is 0.0683. The van der Waals surface area contributed by atoms with Crippen molar-refractivity contribution >= 4 is 17.1 Å². The molecule has 2 aromatic rings. The van der Waals surface area contributed by atoms with Crippen molar-refractivity contribution in [3.8, 4) is 6.07 Å². The van der Waals surface area contributed by atoms with E-state index in [4.69, 9.17) is 5.26 Å². The second-order valence-corrected chi connectivity index (χ2v) is 6.26. The fraction of sp³-hybridized carbons (Fsp3) is 0.278. The second kappa shape index (κ2) is 7.80. The van der Waals surface area contributed by atoms with Crippen LogP contribution >= 0.6 is 0 Å². The Hall–Kier alpha value is -3.51. The van der Waals surface area contributed by atoms with E-state index in [-0.39, 0.29) is 16.9 Å². The number of rotatable bonds is 5. The van der Waals surface area contributed by atoms with E-state index in [0.717, 1.165) is 5.56 Å². The van der Waals surface area contributed by atoms with Gasteiger partial charge in [0.05, 0.1) is 21.5 Å². The highest BCUT2D eigenvalue weighted by Gasteiger charge is 2.24. The first-order valence-electron chi connectivity index (χ1n) is 8.37. The number of nitriles is 1. The first-order valence-corrected chi connectivity index (χ1v) is 8.37. The summed E-state index contributed by atoms with van der Waals surface area (Å²) in [5.41, 5.74) is 1.63. The van der Waals surface area contributed by atoms with E-state index in [9.17, 15) is 20.2 Å². The number of anilines is 1. The molecule has 9 nitrogen and oxygen atoms in total. The number of hydrogen-bond donors (Lipinski definition) is 0. The summed E-state index contributed by atoms with van der Waals surface area (Å²) in [6.45, 7) is 3.15. The molecule has 1 heterocycles. The Labute approximate surface area is 155 Å². The molecule has 0 bridgehead atoms. The van der Waals surface area contributed by atoms with Gasteiger partial charge in [-0.15, -0.1) is 0 Å². The zero-order valence-electron chi connectivity index (χ0n) is 14.4. The SMILES string of the molecule is N#Cc1ccc(N2CCN(Cc3cccc([N+](=O)[O-])c3)CC2)c([N+](=O)[O-])c1. The van der Waals surface area contributed by atoms with Crippen molar-refractivity contribution in [2.75, 3.05) is 31.1 Å². The lowest BCUT2D eigenvalue weighted by Crippen LogP contribution is -2.46. The van der Waals surface area contributed by atoms with Gasteiger partial charge in [0.2, 0.25) is 0 Å². The minimum atomic E-state index is -0.467. The second-order valence-electron chi connectivity index (χ2n) is 6.26. The predicted octanol–water partition coefficient (Wildman–Crippen LogP) is 2.70. The molecule has 0 unspecified atom stereocenters. The number of nitrogens with zero attached hydrogens (tertiary/aromatic N) is 5. The number of non-ortho nitro benzene ring substituents is 1. The largest absolute Gasteiger partial charge is 0.363 e. The maximum Gasteiger partial charge on any atom is 0.293 e. The summed E-state index contributed by atoms with van der Waals surface area (Å²) < 4.78 is 0. The summed E-state index contributed by atoms with van der Waals surface area (Å²) >= 11 is 0. The lowest BCUT2D eigenvalue weighted by molar-refractivity contribution is -0.385. The average Bonchev–Trinajstić information content (AvgIpc) is 2.68. The number of benzene rings is 2. The molecule has 1 aliphatic rings. The van der Waals surface area contributed by atoms with Gasteiger partial charge in [-0.05, 0) is 17.7 Å². The highest BCUT2D eigenvalue weighted by molar-refractivity contribution is 5.65. The van der Waals surface area contributed by atoms with Gasteiger partial charge < -0.3 is 4.90 Å². The molecule has 27 heavy (non-hydrogen) atoms. The first-order chi connectivity index (χ1) is 13.0. The molecule has 0 N–H and O–H groups in total. The van der Waals surface area contributed by atoms with Gasteiger partial charge in [-0.1, -0.05) is 12.1 Å². The molecule has 0 saturated carbocycles. The number of nitro groups is 2. The molecule has 0 spiro atoms. The summed E-state index contributed by atoms with van der Waals surface area (Å²) in [5, 5.41) is 31.2. The Morgan fingerprint density at radius 1 is 1.00 bits per heavy atom. The first kappa shape index (κ1) is 18.3. The highest BCUT2D eigenvalue weighted by atomic mass is 16.6. The van der Waals surface area contributed by atoms with Crippen molar-refractivity contribution in [3.05, 3.63) is 73.8 Å². The maximum absolute atomic E-state index is 11.3. The third-order valence-corrected chi connectivity index (χ3v) is 4.54. The van der Waals surface area contributed by atoms with Gasteiger partial charge in [-0.2, -0.15) is 5.26 Å². The van der Waals surface area contributed by atoms with Gasteiger partial charge in [0.25, 0.3) is 11.4 Å². The lowest BCUT2D eigenvalue weighted by atomic mass is 10.1. The fourth-order valence-electron chi connectivity index (χ4n) is 3.18. The molecular formula is C18H17N5O4. The summed E-state index contributed by atoms with van der Waals surface area (Å²) in [7, 11) is 0. The van der Waals surface area contributed by atoms with E-state index in [1.807, 2.05) is 17.0 Å². The predicted molar refractivity (Wildman–Crippen MR) is 98.4 cm³/mol. The molecule has 0 aliphatic carbocycles. The Balaban J connectivity index is 1.67. The van der Waals surface area contributed by atoms with E-state index in [1.165, 1.54) is 12.1 Å². The quantitative estimate of drug-likeness (QED) is 0.589. The standard InChI is InChI=1S/C18H17N5O4/c19-12-14-4-5-17(18(11-14)23(26)27)21-8-6-20(7-9-21)13-15-2-1-3-16(10-15)22(24)25/h1-5,10-11H,6-9,13H2. The Kier molecular flexibility index (Phi) is 5.28. The van der Waals surface area contributed by atoms with Crippen LogP contribution in [0.2, 0.25) is 0 Å². The van der Waals surface area contributed by atoms with Crippen LogP contribution in [0, 0.1) is 31.6 Å². The molecule has 0 amide bonds. The van der Waals surface area contributed by atoms with Crippen molar-refractivity contribution < 1.29 is 9.85 Å². The zero-order chi connectivity index (χ0) is 19.4. The van der Waals surface area contributed by atoms with Crippen LogP contribution in [-0.4, -0.2) is 40.9 Å². The zero-order valence-corrected chi connectivity index (χ0v) is 14.4. The van der Waals surface area contributed by atoms with E-state index < -0.39 is 9.85 Å². The molecule has 0 radical (unpaired) electrons. The van der Waals surface area contributed by atoms with Crippen LogP contribution in [0.4, 0.5) is 17.1 Å². The van der Waals surface area contributed by atoms with Crippen molar-refractivity contribution in [3.63, 3.8) is 0 Å². The van der Waals surface area contributed by atoms with Crippen molar-refractivity contribution in [1.29, 1.82) is 5.26 Å². The molecule has 9 heteroatoms. The Morgan fingerprint density at radius 2 is 1.74 bits per heavy atom. The molecule has 1 saturated heterocycles. The summed E-state index contributed by atoms with van der Waals surface area (Å²) in [5.74, 6) is 0. The topological polar surface area (TPSA) is 117 Å². The number of nitro benzene ring substituents is 2. The van der Waals surface area contributed by atoms with Gasteiger partial charge in [-0.25, -0.2) is 0 Å². The van der Waals surface area contributed by atoms with E-state index in [2.05, 4.69) is 4.90 Å². The molecule has 3 rings (SSSR count). The molecule has 2 aromatic carbocycles. The molecule has 138 valence electrons. The van der Waals surface area contributed by atoms with Crippen LogP contribution in [0.1, 0.15) is 11.1 Å². The van der Waals surface area contributed by atoms with Crippen molar-refractivity contribution in [2.45, 2.75) is 6.54 Å². The molecule has 0 aromatic heterocycles. The Bertz CT molecular complexity index is 916. The Morgan fingerprint density at radius 3 is 2.37 bits per heavy atom. The monoisotopic (exact) mass is 367 g/mol. The third-order valence-electron chi connectivity index (χ3n) is 4.54.